The van der Waals surface area contributed by atoms with Crippen LogP contribution in [0.25, 0.3) is 0 Å². The Bertz CT molecular complexity index is 500. The van der Waals surface area contributed by atoms with Crippen LogP contribution in [-0.2, 0) is 13.1 Å². The van der Waals surface area contributed by atoms with Gasteiger partial charge in [-0.15, -0.1) is 0 Å². The lowest BCUT2D eigenvalue weighted by Gasteiger charge is -2.10. The fourth-order valence-corrected chi connectivity index (χ4v) is 3.62. The highest BCUT2D eigenvalue weighted by Gasteiger charge is 1.98. The van der Waals surface area contributed by atoms with Gasteiger partial charge < -0.3 is 43.4 Å². The molecule has 198 valence electrons. The number of rotatable bonds is 26. The molecule has 0 saturated carbocycles. The molecule has 0 atom stereocenters. The van der Waals surface area contributed by atoms with E-state index in [1.54, 1.807) is 0 Å². The molecule has 0 aliphatic heterocycles. The Morgan fingerprint density at radius 2 is 0.765 bits per heavy atom. The summed E-state index contributed by atoms with van der Waals surface area (Å²) in [6, 6.07) is 8.90. The van der Waals surface area contributed by atoms with Crippen molar-refractivity contribution in [3.05, 3.63) is 35.4 Å². The smallest absolute Gasteiger partial charge is 0.0205 e. The van der Waals surface area contributed by atoms with E-state index in [-0.39, 0.29) is 0 Å². The van der Waals surface area contributed by atoms with Crippen molar-refractivity contribution in [2.75, 3.05) is 78.5 Å². The molecular weight excluding hydrogens is 424 g/mol. The van der Waals surface area contributed by atoms with Gasteiger partial charge in [0.15, 0.2) is 0 Å². The molecule has 8 nitrogen and oxygen atoms in total. The van der Waals surface area contributed by atoms with Crippen molar-refractivity contribution in [3.8, 4) is 0 Å². The van der Waals surface area contributed by atoms with E-state index < -0.39 is 0 Å². The minimum absolute atomic E-state index is 0.771. The third-order valence-corrected chi connectivity index (χ3v) is 5.59. The first kappa shape index (κ1) is 30.9. The van der Waals surface area contributed by atoms with Crippen molar-refractivity contribution in [1.82, 2.24) is 31.9 Å². The van der Waals surface area contributed by atoms with Gasteiger partial charge in [0.05, 0.1) is 0 Å². The quantitative estimate of drug-likeness (QED) is 0.0905. The third kappa shape index (κ3) is 20.3. The van der Waals surface area contributed by atoms with E-state index >= 15 is 0 Å². The summed E-state index contributed by atoms with van der Waals surface area (Å²) in [6.45, 7) is 14.0. The van der Waals surface area contributed by atoms with Crippen LogP contribution in [0.1, 0.15) is 49.7 Å². The second-order valence-electron chi connectivity index (χ2n) is 8.87. The fourth-order valence-electron chi connectivity index (χ4n) is 3.62. The summed E-state index contributed by atoms with van der Waals surface area (Å²) in [5.41, 5.74) is 13.7. The summed E-state index contributed by atoms with van der Waals surface area (Å²) in [4.78, 5) is 0. The summed E-state index contributed by atoms with van der Waals surface area (Å²) in [6.07, 6.45) is 6.77. The highest BCUT2D eigenvalue weighted by molar-refractivity contribution is 5.23. The second kappa shape index (κ2) is 25.0. The molecule has 8 heteroatoms. The Kier molecular flexibility index (Phi) is 22.7. The molecule has 0 saturated heterocycles. The molecule has 0 amide bonds. The fraction of sp³-hybridized carbons (Fsp3) is 0.769. The van der Waals surface area contributed by atoms with Crippen LogP contribution in [0.2, 0.25) is 0 Å². The lowest BCUT2D eigenvalue weighted by molar-refractivity contribution is 0.560. The number of hydrogen-bond acceptors (Lipinski definition) is 8. The van der Waals surface area contributed by atoms with Crippen LogP contribution < -0.4 is 43.4 Å². The molecule has 0 heterocycles. The second-order valence-corrected chi connectivity index (χ2v) is 8.87. The average Bonchev–Trinajstić information content (AvgIpc) is 2.85. The number of nitrogens with one attached hydrogen (secondary N) is 6. The zero-order chi connectivity index (χ0) is 24.4. The lowest BCUT2D eigenvalue weighted by atomic mass is 10.1. The van der Waals surface area contributed by atoms with Crippen molar-refractivity contribution in [1.29, 1.82) is 0 Å². The molecule has 10 N–H and O–H groups in total. The van der Waals surface area contributed by atoms with Crippen LogP contribution in [0.3, 0.4) is 0 Å². The van der Waals surface area contributed by atoms with Gasteiger partial charge in [0.2, 0.25) is 0 Å². The monoisotopic (exact) mass is 478 g/mol. The normalized spacial score (nSPS) is 11.4. The molecule has 0 aliphatic carbocycles. The van der Waals surface area contributed by atoms with E-state index in [4.69, 9.17) is 11.5 Å². The van der Waals surface area contributed by atoms with Gasteiger partial charge in [-0.25, -0.2) is 0 Å². The summed E-state index contributed by atoms with van der Waals surface area (Å²) in [7, 11) is 0. The molecule has 1 aromatic rings. The minimum Gasteiger partial charge on any atom is -0.330 e. The molecule has 0 radical (unpaired) electrons. The Morgan fingerprint density at radius 1 is 0.441 bits per heavy atom. The van der Waals surface area contributed by atoms with E-state index in [1.807, 2.05) is 0 Å². The Labute approximate surface area is 209 Å². The number of hydrogen-bond donors (Lipinski definition) is 8. The molecule has 0 bridgehead atoms. The lowest BCUT2D eigenvalue weighted by Crippen LogP contribution is -2.26. The van der Waals surface area contributed by atoms with Crippen molar-refractivity contribution in [2.24, 2.45) is 11.5 Å². The molecule has 0 unspecified atom stereocenters. The van der Waals surface area contributed by atoms with Crippen LogP contribution in [0.15, 0.2) is 24.3 Å². The first-order chi connectivity index (χ1) is 16.9. The van der Waals surface area contributed by atoms with Gasteiger partial charge in [-0.1, -0.05) is 24.3 Å². The van der Waals surface area contributed by atoms with Crippen LogP contribution in [0.5, 0.6) is 0 Å². The summed E-state index contributed by atoms with van der Waals surface area (Å²) in [5.74, 6) is 0. The zero-order valence-electron chi connectivity index (χ0n) is 21.6. The summed E-state index contributed by atoms with van der Waals surface area (Å²) in [5, 5.41) is 21.0. The van der Waals surface area contributed by atoms with Gasteiger partial charge in [0.25, 0.3) is 0 Å². The first-order valence-corrected chi connectivity index (χ1v) is 13.6. The van der Waals surface area contributed by atoms with E-state index in [9.17, 15) is 0 Å². The van der Waals surface area contributed by atoms with Gasteiger partial charge in [-0.2, -0.15) is 0 Å². The average molecular weight is 479 g/mol. The van der Waals surface area contributed by atoms with Gasteiger partial charge in [0, 0.05) is 13.1 Å². The van der Waals surface area contributed by atoms with Gasteiger partial charge >= 0.3 is 0 Å². The maximum atomic E-state index is 5.48. The molecule has 1 rings (SSSR count). The van der Waals surface area contributed by atoms with Crippen LogP contribution >= 0.6 is 0 Å². The van der Waals surface area contributed by atoms with Crippen LogP contribution in [-0.4, -0.2) is 78.5 Å². The van der Waals surface area contributed by atoms with Crippen molar-refractivity contribution >= 4 is 0 Å². The summed E-state index contributed by atoms with van der Waals surface area (Å²) >= 11 is 0. The topological polar surface area (TPSA) is 124 Å². The molecule has 0 spiro atoms. The Hall–Kier alpha value is -1.10. The van der Waals surface area contributed by atoms with Gasteiger partial charge in [0.1, 0.15) is 0 Å². The maximum absolute atomic E-state index is 5.48. The minimum atomic E-state index is 0.771. The van der Waals surface area contributed by atoms with Crippen molar-refractivity contribution in [3.63, 3.8) is 0 Å². The highest BCUT2D eigenvalue weighted by Crippen LogP contribution is 2.05. The molecule has 0 fully saturated rings. The van der Waals surface area contributed by atoms with Crippen LogP contribution in [0, 0.1) is 0 Å². The molecule has 34 heavy (non-hydrogen) atoms. The largest absolute Gasteiger partial charge is 0.330 e. The highest BCUT2D eigenvalue weighted by atomic mass is 14.9. The van der Waals surface area contributed by atoms with E-state index in [1.165, 1.54) is 24.0 Å². The summed E-state index contributed by atoms with van der Waals surface area (Å²) < 4.78 is 0. The molecule has 0 aliphatic rings. The number of benzene rings is 1. The van der Waals surface area contributed by atoms with Crippen molar-refractivity contribution in [2.45, 2.75) is 51.6 Å². The number of nitrogens with two attached hydrogens (primary N) is 2. The predicted octanol–water partition coefficient (Wildman–Crippen LogP) is 0.482. The standard InChI is InChI=1S/C26H54N8/c27-10-2-12-29-14-4-16-31-18-6-20-33-23-25-8-1-9-26(22-25)24-34-21-7-19-32-17-5-15-30-13-3-11-28/h1,8-9,22,29-34H,2-7,10-21,23-24,27-28H2. The van der Waals surface area contributed by atoms with E-state index in [0.717, 1.165) is 117 Å². The van der Waals surface area contributed by atoms with Crippen molar-refractivity contribution < 1.29 is 0 Å². The molecule has 0 aromatic heterocycles. The zero-order valence-corrected chi connectivity index (χ0v) is 21.6. The van der Waals surface area contributed by atoms with E-state index in [2.05, 4.69) is 56.2 Å². The van der Waals surface area contributed by atoms with Crippen LogP contribution in [0.4, 0.5) is 0 Å². The first-order valence-electron chi connectivity index (χ1n) is 13.6. The SMILES string of the molecule is NCCCNCCCNCCCNCc1cccc(CNCCCNCCCNCCCN)c1. The van der Waals surface area contributed by atoms with E-state index in [0.29, 0.717) is 0 Å². The predicted molar refractivity (Wildman–Crippen MR) is 147 cm³/mol. The Morgan fingerprint density at radius 3 is 1.12 bits per heavy atom. The van der Waals surface area contributed by atoms with Gasteiger partial charge in [-0.3, -0.25) is 0 Å². The molecule has 1 aromatic carbocycles. The molecular formula is C26H54N8. The Balaban J connectivity index is 1.91. The maximum Gasteiger partial charge on any atom is 0.0205 e. The third-order valence-electron chi connectivity index (χ3n) is 5.59. The van der Waals surface area contributed by atoms with Gasteiger partial charge in [-0.05, 0) is 128 Å².